The van der Waals surface area contributed by atoms with Gasteiger partial charge in [-0.2, -0.15) is 0 Å². The molecular formula is C19H27N3O3. The molecule has 6 nitrogen and oxygen atoms in total. The van der Waals surface area contributed by atoms with Crippen LogP contribution in [-0.2, 0) is 20.7 Å². The zero-order valence-electron chi connectivity index (χ0n) is 14.7. The molecule has 6 heteroatoms. The number of anilines is 1. The number of nitrogens with one attached hydrogen (secondary N) is 1. The minimum Gasteiger partial charge on any atom is -0.379 e. The maximum Gasteiger partial charge on any atom is 0.240 e. The highest BCUT2D eigenvalue weighted by atomic mass is 16.5. The average molecular weight is 345 g/mol. The molecular weight excluding hydrogens is 318 g/mol. The number of carbonyl (C=O) groups excluding carboxylic acids is 2. The average Bonchev–Trinajstić information content (AvgIpc) is 2.79. The van der Waals surface area contributed by atoms with Crippen molar-refractivity contribution in [1.82, 2.24) is 10.2 Å². The van der Waals surface area contributed by atoms with E-state index in [9.17, 15) is 9.59 Å². The number of hydrogen-bond donors (Lipinski definition) is 1. The van der Waals surface area contributed by atoms with E-state index in [1.807, 2.05) is 24.3 Å². The maximum atomic E-state index is 12.4. The minimum absolute atomic E-state index is 0.0356. The summed E-state index contributed by atoms with van der Waals surface area (Å²) in [6.07, 6.45) is 3.14. The first-order valence-corrected chi connectivity index (χ1v) is 9.19. The molecule has 1 N–H and O–H groups in total. The van der Waals surface area contributed by atoms with Crippen molar-refractivity contribution in [2.45, 2.75) is 25.7 Å². The molecule has 1 aromatic rings. The Morgan fingerprint density at radius 1 is 1.16 bits per heavy atom. The van der Waals surface area contributed by atoms with E-state index < -0.39 is 0 Å². The van der Waals surface area contributed by atoms with E-state index in [1.54, 1.807) is 4.90 Å². The van der Waals surface area contributed by atoms with Gasteiger partial charge in [-0.1, -0.05) is 18.2 Å². The van der Waals surface area contributed by atoms with Crippen molar-refractivity contribution in [3.63, 3.8) is 0 Å². The highest BCUT2D eigenvalue weighted by Gasteiger charge is 2.23. The van der Waals surface area contributed by atoms with Crippen molar-refractivity contribution in [3.8, 4) is 0 Å². The smallest absolute Gasteiger partial charge is 0.240 e. The Bertz CT molecular complexity index is 599. The third kappa shape index (κ3) is 5.03. The molecule has 1 saturated heterocycles. The number of para-hydroxylation sites is 1. The molecule has 1 aromatic carbocycles. The lowest BCUT2D eigenvalue weighted by Crippen LogP contribution is -2.42. The summed E-state index contributed by atoms with van der Waals surface area (Å²) in [5.74, 6) is -0.0551. The molecule has 0 saturated carbocycles. The zero-order valence-corrected chi connectivity index (χ0v) is 14.7. The topological polar surface area (TPSA) is 61.9 Å². The quantitative estimate of drug-likeness (QED) is 0.787. The van der Waals surface area contributed by atoms with E-state index >= 15 is 0 Å². The lowest BCUT2D eigenvalue weighted by atomic mass is 10.1. The van der Waals surface area contributed by atoms with Crippen molar-refractivity contribution in [2.24, 2.45) is 0 Å². The Morgan fingerprint density at radius 2 is 1.96 bits per heavy atom. The Balaban J connectivity index is 1.47. The van der Waals surface area contributed by atoms with E-state index in [2.05, 4.69) is 10.2 Å². The first-order chi connectivity index (χ1) is 12.2. The van der Waals surface area contributed by atoms with Crippen LogP contribution in [0.2, 0.25) is 0 Å². The maximum absolute atomic E-state index is 12.4. The molecule has 1 fully saturated rings. The number of ether oxygens (including phenoxy) is 1. The van der Waals surface area contributed by atoms with Gasteiger partial charge in [0.25, 0.3) is 0 Å². The fourth-order valence-electron chi connectivity index (χ4n) is 3.41. The van der Waals surface area contributed by atoms with Crippen LogP contribution in [0, 0.1) is 0 Å². The molecule has 0 bridgehead atoms. The second-order valence-corrected chi connectivity index (χ2v) is 6.62. The van der Waals surface area contributed by atoms with Crippen molar-refractivity contribution in [1.29, 1.82) is 0 Å². The predicted octanol–water partition coefficient (Wildman–Crippen LogP) is 1.19. The summed E-state index contributed by atoms with van der Waals surface area (Å²) in [5.41, 5.74) is 2.03. The Morgan fingerprint density at radius 3 is 2.80 bits per heavy atom. The SMILES string of the molecule is O=C(CN1C(=O)CCCc2ccccc21)NCCCN1CCOCC1. The van der Waals surface area contributed by atoms with Gasteiger partial charge >= 0.3 is 0 Å². The summed E-state index contributed by atoms with van der Waals surface area (Å²) in [6, 6.07) is 7.88. The molecule has 0 unspecified atom stereocenters. The van der Waals surface area contributed by atoms with Crippen LogP contribution in [0.1, 0.15) is 24.8 Å². The van der Waals surface area contributed by atoms with Gasteiger partial charge in [0.05, 0.1) is 13.2 Å². The third-order valence-corrected chi connectivity index (χ3v) is 4.80. The largest absolute Gasteiger partial charge is 0.379 e. The molecule has 3 rings (SSSR count). The van der Waals surface area contributed by atoms with E-state index in [0.717, 1.165) is 63.4 Å². The zero-order chi connectivity index (χ0) is 17.5. The third-order valence-electron chi connectivity index (χ3n) is 4.80. The van der Waals surface area contributed by atoms with Gasteiger partial charge in [-0.05, 0) is 37.4 Å². The molecule has 25 heavy (non-hydrogen) atoms. The summed E-state index contributed by atoms with van der Waals surface area (Å²) < 4.78 is 5.33. The molecule has 2 aliphatic heterocycles. The second kappa shape index (κ2) is 8.97. The summed E-state index contributed by atoms with van der Waals surface area (Å²) in [7, 11) is 0. The van der Waals surface area contributed by atoms with Gasteiger partial charge < -0.3 is 15.0 Å². The van der Waals surface area contributed by atoms with Gasteiger partial charge in [-0.25, -0.2) is 0 Å². The number of rotatable bonds is 6. The fourth-order valence-corrected chi connectivity index (χ4v) is 3.41. The van der Waals surface area contributed by atoms with E-state index in [4.69, 9.17) is 4.74 Å². The van der Waals surface area contributed by atoms with Gasteiger partial charge in [0.15, 0.2) is 0 Å². The molecule has 0 aromatic heterocycles. The summed E-state index contributed by atoms with van der Waals surface area (Å²) >= 11 is 0. The van der Waals surface area contributed by atoms with Crippen molar-refractivity contribution >= 4 is 17.5 Å². The molecule has 2 aliphatic rings. The fraction of sp³-hybridized carbons (Fsp3) is 0.579. The molecule has 2 heterocycles. The van der Waals surface area contributed by atoms with Crippen LogP contribution in [0.25, 0.3) is 0 Å². The Kier molecular flexibility index (Phi) is 6.42. The summed E-state index contributed by atoms with van der Waals surface area (Å²) in [4.78, 5) is 28.7. The van der Waals surface area contributed by atoms with E-state index in [1.165, 1.54) is 0 Å². The minimum atomic E-state index is -0.0907. The highest BCUT2D eigenvalue weighted by Crippen LogP contribution is 2.26. The van der Waals surface area contributed by atoms with Crippen LogP contribution < -0.4 is 10.2 Å². The number of fused-ring (bicyclic) bond motifs is 1. The Hall–Kier alpha value is -1.92. The number of hydrogen-bond acceptors (Lipinski definition) is 4. The van der Waals surface area contributed by atoms with Crippen LogP contribution in [0.4, 0.5) is 5.69 Å². The first kappa shape index (κ1) is 17.9. The molecule has 0 spiro atoms. The van der Waals surface area contributed by atoms with Crippen LogP contribution >= 0.6 is 0 Å². The first-order valence-electron chi connectivity index (χ1n) is 9.19. The molecule has 0 aliphatic carbocycles. The molecule has 136 valence electrons. The van der Waals surface area contributed by atoms with Crippen LogP contribution in [0.3, 0.4) is 0 Å². The number of nitrogens with zero attached hydrogens (tertiary/aromatic N) is 2. The standard InChI is InChI=1S/C19H27N3O3/c23-18(20-9-4-10-21-11-13-25-14-12-21)15-22-17-7-2-1-5-16(17)6-3-8-19(22)24/h1-2,5,7H,3-4,6,8-15H2,(H,20,23). The van der Waals surface area contributed by atoms with Crippen molar-refractivity contribution < 1.29 is 14.3 Å². The number of benzene rings is 1. The summed E-state index contributed by atoms with van der Waals surface area (Å²) in [5, 5.41) is 2.95. The van der Waals surface area contributed by atoms with Gasteiger partial charge in [0.1, 0.15) is 6.54 Å². The molecule has 2 amide bonds. The van der Waals surface area contributed by atoms with Crippen molar-refractivity contribution in [2.75, 3.05) is 50.8 Å². The number of carbonyl (C=O) groups is 2. The van der Waals surface area contributed by atoms with Gasteiger partial charge in [-0.3, -0.25) is 14.5 Å². The van der Waals surface area contributed by atoms with Crippen LogP contribution in [0.15, 0.2) is 24.3 Å². The highest BCUT2D eigenvalue weighted by molar-refractivity contribution is 5.99. The van der Waals surface area contributed by atoms with Crippen LogP contribution in [0.5, 0.6) is 0 Å². The monoisotopic (exact) mass is 345 g/mol. The van der Waals surface area contributed by atoms with Gasteiger partial charge in [0.2, 0.25) is 11.8 Å². The van der Waals surface area contributed by atoms with Gasteiger partial charge in [-0.15, -0.1) is 0 Å². The second-order valence-electron chi connectivity index (χ2n) is 6.62. The Labute approximate surface area is 149 Å². The normalized spacial score (nSPS) is 18.6. The number of aryl methyl sites for hydroxylation is 1. The number of amides is 2. The molecule has 0 atom stereocenters. The van der Waals surface area contributed by atoms with Crippen molar-refractivity contribution in [3.05, 3.63) is 29.8 Å². The van der Waals surface area contributed by atoms with E-state index in [-0.39, 0.29) is 18.4 Å². The summed E-state index contributed by atoms with van der Waals surface area (Å²) in [6.45, 7) is 5.23. The predicted molar refractivity (Wildman–Crippen MR) is 96.6 cm³/mol. The van der Waals surface area contributed by atoms with E-state index in [0.29, 0.717) is 13.0 Å². The van der Waals surface area contributed by atoms with Gasteiger partial charge in [0, 0.05) is 31.7 Å². The molecule has 0 radical (unpaired) electrons. The lowest BCUT2D eigenvalue weighted by molar-refractivity contribution is -0.123. The van der Waals surface area contributed by atoms with Crippen LogP contribution in [-0.4, -0.2) is 62.7 Å². The lowest BCUT2D eigenvalue weighted by Gasteiger charge is -2.26. The number of morpholine rings is 1.